The molecule has 3 aromatic carbocycles. The number of benzene rings is 3. The number of ether oxygens (including phenoxy) is 1. The largest absolute Gasteiger partial charge is 0.481 e. The minimum absolute atomic E-state index is 0.00932. The zero-order valence-electron chi connectivity index (χ0n) is 19.5. The predicted molar refractivity (Wildman–Crippen MR) is 144 cm³/mol. The maximum Gasteiger partial charge on any atom is 0.409 e. The van der Waals surface area contributed by atoms with Gasteiger partial charge in [-0.25, -0.2) is 4.79 Å². The van der Waals surface area contributed by atoms with Crippen LogP contribution in [0.15, 0.2) is 60.7 Å². The minimum Gasteiger partial charge on any atom is -0.481 e. The predicted octanol–water partition coefficient (Wildman–Crippen LogP) is 5.30. The molecule has 0 unspecified atom stereocenters. The van der Waals surface area contributed by atoms with Crippen LogP contribution in [0.1, 0.15) is 28.2 Å². The smallest absolute Gasteiger partial charge is 0.409 e. The molecule has 0 radical (unpaired) electrons. The maximum atomic E-state index is 12.9. The van der Waals surface area contributed by atoms with E-state index < -0.39 is 5.97 Å². The Kier molecular flexibility index (Phi) is 6.69. The highest BCUT2D eigenvalue weighted by Crippen LogP contribution is 2.44. The number of halogens is 1. The highest BCUT2D eigenvalue weighted by atomic mass is 127. The monoisotopic (exact) mass is 582 g/mol. The average molecular weight is 582 g/mol. The van der Waals surface area contributed by atoms with Gasteiger partial charge in [0.2, 0.25) is 0 Å². The Morgan fingerprint density at radius 1 is 0.971 bits per heavy atom. The number of piperazine rings is 1. The Morgan fingerprint density at radius 3 is 2.17 bits per heavy atom. The lowest BCUT2D eigenvalue weighted by Crippen LogP contribution is -2.49. The second-order valence-corrected chi connectivity index (χ2v) is 10.3. The van der Waals surface area contributed by atoms with Gasteiger partial charge in [0.05, 0.1) is 6.42 Å². The van der Waals surface area contributed by atoms with Crippen LogP contribution in [-0.4, -0.2) is 54.9 Å². The highest BCUT2D eigenvalue weighted by molar-refractivity contribution is 14.1. The van der Waals surface area contributed by atoms with E-state index in [1.54, 1.807) is 4.90 Å². The number of hydrogen-bond acceptors (Lipinski definition) is 4. The van der Waals surface area contributed by atoms with Gasteiger partial charge >= 0.3 is 12.1 Å². The van der Waals surface area contributed by atoms with Crippen LogP contribution in [0.5, 0.6) is 0 Å². The molecule has 0 bridgehead atoms. The summed E-state index contributed by atoms with van der Waals surface area (Å²) in [5.74, 6) is -0.782. The van der Waals surface area contributed by atoms with E-state index in [2.05, 4.69) is 57.8 Å². The van der Waals surface area contributed by atoms with Crippen molar-refractivity contribution in [3.05, 3.63) is 86.5 Å². The van der Waals surface area contributed by atoms with Crippen LogP contribution < -0.4 is 4.90 Å². The molecule has 2 aliphatic rings. The molecule has 7 heteroatoms. The van der Waals surface area contributed by atoms with Gasteiger partial charge in [0, 0.05) is 41.4 Å². The summed E-state index contributed by atoms with van der Waals surface area (Å²) >= 11 is 2.23. The Labute approximate surface area is 218 Å². The lowest BCUT2D eigenvalue weighted by atomic mass is 9.98. The van der Waals surface area contributed by atoms with Crippen LogP contribution in [0.3, 0.4) is 0 Å². The third-order valence-corrected chi connectivity index (χ3v) is 7.63. The quantitative estimate of drug-likeness (QED) is 0.414. The van der Waals surface area contributed by atoms with Crippen molar-refractivity contribution in [1.82, 2.24) is 4.90 Å². The third kappa shape index (κ3) is 4.74. The van der Waals surface area contributed by atoms with Crippen LogP contribution in [0.2, 0.25) is 0 Å². The van der Waals surface area contributed by atoms with Crippen molar-refractivity contribution in [2.45, 2.75) is 19.3 Å². The number of nitrogens with zero attached hydrogens (tertiary/aromatic N) is 2. The molecule has 1 fully saturated rings. The molecule has 180 valence electrons. The first-order valence-electron chi connectivity index (χ1n) is 11.8. The number of carbonyl (C=O) groups is 2. The highest BCUT2D eigenvalue weighted by Gasteiger charge is 2.30. The molecular weight excluding hydrogens is 555 g/mol. The number of fused-ring (bicyclic) bond motifs is 3. The van der Waals surface area contributed by atoms with E-state index in [-0.39, 0.29) is 18.4 Å². The minimum atomic E-state index is -0.832. The number of aliphatic carboxylic acids is 1. The molecule has 3 aromatic rings. The van der Waals surface area contributed by atoms with Gasteiger partial charge in [-0.05, 0) is 75.0 Å². The zero-order valence-corrected chi connectivity index (χ0v) is 21.7. The van der Waals surface area contributed by atoms with Crippen LogP contribution in [-0.2, 0) is 16.0 Å². The second-order valence-electron chi connectivity index (χ2n) is 9.06. The third-order valence-electron chi connectivity index (χ3n) is 7.01. The molecule has 0 saturated carbocycles. The standard InChI is InChI=1S/C28H27IN2O4/c1-18-19(15-27(32)33)14-20(29)16-26(18)30-10-12-31(13-11-30)28(34)35-17-25-23-8-4-2-6-21(23)22-7-3-5-9-24(22)25/h2-9,14,16,25H,10-13,15,17H2,1H3,(H,32,33). The fourth-order valence-corrected chi connectivity index (χ4v) is 5.88. The van der Waals surface area contributed by atoms with Gasteiger partial charge in [-0.15, -0.1) is 0 Å². The number of carbonyl (C=O) groups excluding carboxylic acids is 1. The molecule has 1 saturated heterocycles. The van der Waals surface area contributed by atoms with Crippen molar-refractivity contribution in [2.24, 2.45) is 0 Å². The zero-order chi connectivity index (χ0) is 24.5. The molecule has 1 N–H and O–H groups in total. The van der Waals surface area contributed by atoms with Crippen molar-refractivity contribution in [1.29, 1.82) is 0 Å². The molecule has 1 heterocycles. The lowest BCUT2D eigenvalue weighted by Gasteiger charge is -2.36. The molecule has 0 spiro atoms. The van der Waals surface area contributed by atoms with Gasteiger partial charge in [-0.1, -0.05) is 48.5 Å². The molecule has 5 rings (SSSR count). The van der Waals surface area contributed by atoms with Gasteiger partial charge in [0.15, 0.2) is 0 Å². The Balaban J connectivity index is 1.23. The van der Waals surface area contributed by atoms with E-state index in [0.717, 1.165) is 20.4 Å². The summed E-state index contributed by atoms with van der Waals surface area (Å²) in [6.45, 7) is 4.78. The summed E-state index contributed by atoms with van der Waals surface area (Å²) in [5, 5.41) is 9.24. The second kappa shape index (κ2) is 9.89. The number of anilines is 1. The number of carboxylic acid groups (broad SMARTS) is 1. The van der Waals surface area contributed by atoms with E-state index in [1.807, 2.05) is 37.3 Å². The van der Waals surface area contributed by atoms with Gasteiger partial charge in [-0.2, -0.15) is 0 Å². The normalized spacial score (nSPS) is 15.0. The summed E-state index contributed by atoms with van der Waals surface area (Å²) in [6.07, 6.45) is -0.271. The summed E-state index contributed by atoms with van der Waals surface area (Å²) in [6, 6.07) is 20.7. The van der Waals surface area contributed by atoms with Crippen LogP contribution in [0.4, 0.5) is 10.5 Å². The molecule has 0 aromatic heterocycles. The van der Waals surface area contributed by atoms with Gasteiger partial charge in [0.1, 0.15) is 6.61 Å². The summed E-state index contributed by atoms with van der Waals surface area (Å²) in [4.78, 5) is 28.2. The van der Waals surface area contributed by atoms with Crippen molar-refractivity contribution in [3.63, 3.8) is 0 Å². The Bertz CT molecular complexity index is 1240. The van der Waals surface area contributed by atoms with Gasteiger partial charge in [-0.3, -0.25) is 4.79 Å². The molecule has 0 atom stereocenters. The first-order chi connectivity index (χ1) is 16.9. The number of amides is 1. The lowest BCUT2D eigenvalue weighted by molar-refractivity contribution is -0.136. The maximum absolute atomic E-state index is 12.9. The van der Waals surface area contributed by atoms with Crippen LogP contribution >= 0.6 is 22.6 Å². The summed E-state index contributed by atoms with van der Waals surface area (Å²) in [5.41, 5.74) is 7.71. The van der Waals surface area contributed by atoms with E-state index in [9.17, 15) is 14.7 Å². The summed E-state index contributed by atoms with van der Waals surface area (Å²) < 4.78 is 6.84. The molecule has 1 amide bonds. The molecule has 1 aliphatic heterocycles. The Hall–Kier alpha value is -3.07. The van der Waals surface area contributed by atoms with E-state index in [1.165, 1.54) is 22.3 Å². The molecule has 35 heavy (non-hydrogen) atoms. The average Bonchev–Trinajstić information content (AvgIpc) is 3.18. The van der Waals surface area contributed by atoms with E-state index in [4.69, 9.17) is 4.74 Å². The first-order valence-corrected chi connectivity index (χ1v) is 12.9. The van der Waals surface area contributed by atoms with Crippen LogP contribution in [0, 0.1) is 10.5 Å². The molecular formula is C28H27IN2O4. The van der Waals surface area contributed by atoms with E-state index in [0.29, 0.717) is 32.8 Å². The number of rotatable bonds is 5. The van der Waals surface area contributed by atoms with E-state index >= 15 is 0 Å². The topological polar surface area (TPSA) is 70.1 Å². The van der Waals surface area contributed by atoms with Crippen molar-refractivity contribution < 1.29 is 19.4 Å². The number of carboxylic acids is 1. The van der Waals surface area contributed by atoms with Crippen molar-refractivity contribution >= 4 is 40.3 Å². The molecule has 1 aliphatic carbocycles. The summed E-state index contributed by atoms with van der Waals surface area (Å²) in [7, 11) is 0. The Morgan fingerprint density at radius 2 is 1.57 bits per heavy atom. The first kappa shape index (κ1) is 23.7. The van der Waals surface area contributed by atoms with Crippen molar-refractivity contribution in [2.75, 3.05) is 37.7 Å². The SMILES string of the molecule is Cc1c(CC(=O)O)cc(I)cc1N1CCN(C(=O)OCC2c3ccccc3-c3ccccc32)CC1. The van der Waals surface area contributed by atoms with Gasteiger partial charge in [0.25, 0.3) is 0 Å². The van der Waals surface area contributed by atoms with Crippen LogP contribution in [0.25, 0.3) is 11.1 Å². The van der Waals surface area contributed by atoms with Gasteiger partial charge < -0.3 is 19.6 Å². The fourth-order valence-electron chi connectivity index (χ4n) is 5.21. The molecule has 6 nitrogen and oxygen atoms in total. The number of hydrogen-bond donors (Lipinski definition) is 1. The van der Waals surface area contributed by atoms with Crippen molar-refractivity contribution in [3.8, 4) is 11.1 Å². The fraction of sp³-hybridized carbons (Fsp3) is 0.286.